The topological polar surface area (TPSA) is 64.7 Å². The summed E-state index contributed by atoms with van der Waals surface area (Å²) in [5.74, 6) is 0.956. The van der Waals surface area contributed by atoms with Crippen molar-refractivity contribution in [3.8, 4) is 0 Å². The molecule has 4 rings (SSSR count). The SMILES string of the molecule is Cc1ccc(NC(=O)C2CC2)cc1NC(=O)N1CCC(CN2CCCCCC2)CC1. The molecule has 164 valence electrons. The van der Waals surface area contributed by atoms with Crippen LogP contribution in [0.5, 0.6) is 0 Å². The summed E-state index contributed by atoms with van der Waals surface area (Å²) in [5, 5.41) is 6.03. The summed E-state index contributed by atoms with van der Waals surface area (Å²) in [6, 6.07) is 5.70. The van der Waals surface area contributed by atoms with Crippen LogP contribution in [-0.2, 0) is 4.79 Å². The fourth-order valence-electron chi connectivity index (χ4n) is 4.62. The number of carbonyl (C=O) groups excluding carboxylic acids is 2. The van der Waals surface area contributed by atoms with Gasteiger partial charge in [0.2, 0.25) is 5.91 Å². The van der Waals surface area contributed by atoms with Gasteiger partial charge in [-0.3, -0.25) is 4.79 Å². The molecule has 1 aliphatic carbocycles. The molecule has 0 radical (unpaired) electrons. The number of urea groups is 1. The number of rotatable bonds is 5. The summed E-state index contributed by atoms with van der Waals surface area (Å²) in [4.78, 5) is 29.4. The average Bonchev–Trinajstić information content (AvgIpc) is 3.59. The third-order valence-corrected chi connectivity index (χ3v) is 6.81. The minimum absolute atomic E-state index is 0.0306. The molecule has 6 nitrogen and oxygen atoms in total. The van der Waals surface area contributed by atoms with E-state index in [1.807, 2.05) is 30.0 Å². The number of likely N-dealkylation sites (tertiary alicyclic amines) is 2. The van der Waals surface area contributed by atoms with Crippen molar-refractivity contribution in [1.29, 1.82) is 0 Å². The number of piperidine rings is 1. The number of hydrogen-bond donors (Lipinski definition) is 2. The molecule has 2 aliphatic heterocycles. The van der Waals surface area contributed by atoms with E-state index in [1.54, 1.807) is 0 Å². The Balaban J connectivity index is 1.26. The van der Waals surface area contributed by atoms with Gasteiger partial charge in [0.1, 0.15) is 0 Å². The fraction of sp³-hybridized carbons (Fsp3) is 0.667. The minimum atomic E-state index is -0.0306. The van der Waals surface area contributed by atoms with Gasteiger partial charge in [-0.05, 0) is 82.2 Å². The first-order chi connectivity index (χ1) is 14.6. The largest absolute Gasteiger partial charge is 0.326 e. The number of hydrogen-bond acceptors (Lipinski definition) is 3. The summed E-state index contributed by atoms with van der Waals surface area (Å²) in [6.07, 6.45) is 9.55. The highest BCUT2D eigenvalue weighted by Crippen LogP contribution is 2.31. The van der Waals surface area contributed by atoms with Crippen LogP contribution < -0.4 is 10.6 Å². The van der Waals surface area contributed by atoms with Crippen molar-refractivity contribution in [1.82, 2.24) is 9.80 Å². The van der Waals surface area contributed by atoms with Crippen molar-refractivity contribution in [3.05, 3.63) is 23.8 Å². The maximum absolute atomic E-state index is 12.8. The first-order valence-electron chi connectivity index (χ1n) is 11.8. The predicted octanol–water partition coefficient (Wildman–Crippen LogP) is 4.46. The monoisotopic (exact) mass is 412 g/mol. The predicted molar refractivity (Wildman–Crippen MR) is 121 cm³/mol. The Morgan fingerprint density at radius 1 is 0.933 bits per heavy atom. The zero-order chi connectivity index (χ0) is 20.9. The highest BCUT2D eigenvalue weighted by atomic mass is 16.2. The Bertz CT molecular complexity index is 746. The minimum Gasteiger partial charge on any atom is -0.326 e. The van der Waals surface area contributed by atoms with Gasteiger partial charge in [-0.1, -0.05) is 18.9 Å². The molecule has 3 aliphatic rings. The Morgan fingerprint density at radius 2 is 1.63 bits per heavy atom. The molecule has 30 heavy (non-hydrogen) atoms. The van der Waals surface area contributed by atoms with E-state index in [0.29, 0.717) is 5.92 Å². The van der Waals surface area contributed by atoms with Crippen LogP contribution in [0.2, 0.25) is 0 Å². The average molecular weight is 413 g/mol. The van der Waals surface area contributed by atoms with Crippen molar-refractivity contribution in [2.75, 3.05) is 43.4 Å². The van der Waals surface area contributed by atoms with Gasteiger partial charge in [-0.2, -0.15) is 0 Å². The van der Waals surface area contributed by atoms with E-state index >= 15 is 0 Å². The molecule has 0 bridgehead atoms. The van der Waals surface area contributed by atoms with E-state index in [9.17, 15) is 9.59 Å². The van der Waals surface area contributed by atoms with Gasteiger partial charge in [-0.25, -0.2) is 4.79 Å². The normalized spacial score (nSPS) is 21.2. The molecular formula is C24H36N4O2. The third-order valence-electron chi connectivity index (χ3n) is 6.81. The van der Waals surface area contributed by atoms with Gasteiger partial charge in [-0.15, -0.1) is 0 Å². The molecule has 2 heterocycles. The molecule has 0 spiro atoms. The van der Waals surface area contributed by atoms with E-state index in [0.717, 1.165) is 55.7 Å². The van der Waals surface area contributed by atoms with Gasteiger partial charge in [0, 0.05) is 36.9 Å². The lowest BCUT2D eigenvalue weighted by Gasteiger charge is -2.34. The highest BCUT2D eigenvalue weighted by Gasteiger charge is 2.30. The summed E-state index contributed by atoms with van der Waals surface area (Å²) in [6.45, 7) is 7.30. The van der Waals surface area contributed by atoms with E-state index in [4.69, 9.17) is 0 Å². The first kappa shape index (κ1) is 21.2. The number of carbonyl (C=O) groups is 2. The Morgan fingerprint density at radius 3 is 2.30 bits per heavy atom. The Labute approximate surface area is 180 Å². The van der Waals surface area contributed by atoms with Crippen LogP contribution in [0.25, 0.3) is 0 Å². The lowest BCUT2D eigenvalue weighted by molar-refractivity contribution is -0.117. The molecule has 2 saturated heterocycles. The zero-order valence-electron chi connectivity index (χ0n) is 18.3. The number of nitrogens with zero attached hydrogens (tertiary/aromatic N) is 2. The summed E-state index contributed by atoms with van der Waals surface area (Å²) in [5.41, 5.74) is 2.54. The summed E-state index contributed by atoms with van der Waals surface area (Å²) >= 11 is 0. The molecule has 0 unspecified atom stereocenters. The molecule has 3 fully saturated rings. The van der Waals surface area contributed by atoms with Crippen molar-refractivity contribution in [2.24, 2.45) is 11.8 Å². The van der Waals surface area contributed by atoms with E-state index in [-0.39, 0.29) is 17.9 Å². The fourth-order valence-corrected chi connectivity index (χ4v) is 4.62. The maximum Gasteiger partial charge on any atom is 0.321 e. The van der Waals surface area contributed by atoms with E-state index in [1.165, 1.54) is 45.3 Å². The highest BCUT2D eigenvalue weighted by molar-refractivity contribution is 5.96. The maximum atomic E-state index is 12.8. The molecule has 1 aromatic rings. The quantitative estimate of drug-likeness (QED) is 0.750. The number of aryl methyl sites for hydroxylation is 1. The van der Waals surface area contributed by atoms with Crippen LogP contribution in [-0.4, -0.2) is 54.5 Å². The third kappa shape index (κ3) is 5.75. The number of nitrogens with one attached hydrogen (secondary N) is 2. The van der Waals surface area contributed by atoms with Crippen LogP contribution in [0, 0.1) is 18.8 Å². The second kappa shape index (κ2) is 9.82. The molecule has 6 heteroatoms. The summed E-state index contributed by atoms with van der Waals surface area (Å²) < 4.78 is 0. The second-order valence-corrected chi connectivity index (χ2v) is 9.37. The second-order valence-electron chi connectivity index (χ2n) is 9.37. The van der Waals surface area contributed by atoms with Crippen molar-refractivity contribution in [2.45, 2.75) is 58.3 Å². The van der Waals surface area contributed by atoms with Crippen molar-refractivity contribution in [3.63, 3.8) is 0 Å². The van der Waals surface area contributed by atoms with Gasteiger partial charge < -0.3 is 20.4 Å². The van der Waals surface area contributed by atoms with Crippen molar-refractivity contribution >= 4 is 23.3 Å². The molecule has 0 aromatic heterocycles. The molecule has 1 aromatic carbocycles. The lowest BCUT2D eigenvalue weighted by atomic mass is 9.96. The smallest absolute Gasteiger partial charge is 0.321 e. The molecule has 2 N–H and O–H groups in total. The first-order valence-corrected chi connectivity index (χ1v) is 11.8. The Hall–Kier alpha value is -2.08. The van der Waals surface area contributed by atoms with Gasteiger partial charge in [0.15, 0.2) is 0 Å². The molecule has 1 saturated carbocycles. The molecule has 3 amide bonds. The summed E-state index contributed by atoms with van der Waals surface area (Å²) in [7, 11) is 0. The van der Waals surface area contributed by atoms with E-state index < -0.39 is 0 Å². The molecular weight excluding hydrogens is 376 g/mol. The lowest BCUT2D eigenvalue weighted by Crippen LogP contribution is -2.43. The number of benzene rings is 1. The van der Waals surface area contributed by atoms with Gasteiger partial charge in [0.05, 0.1) is 0 Å². The van der Waals surface area contributed by atoms with Crippen LogP contribution in [0.4, 0.5) is 16.2 Å². The van der Waals surface area contributed by atoms with Crippen molar-refractivity contribution < 1.29 is 9.59 Å². The van der Waals surface area contributed by atoms with Gasteiger partial charge in [0.25, 0.3) is 0 Å². The van der Waals surface area contributed by atoms with E-state index in [2.05, 4.69) is 15.5 Å². The standard InChI is InChI=1S/C24H36N4O2/c1-18-6-9-21(25-23(29)20-7-8-20)16-22(18)26-24(30)28-14-10-19(11-15-28)17-27-12-4-2-3-5-13-27/h6,9,16,19-20H,2-5,7-8,10-15,17H2,1H3,(H,25,29)(H,26,30). The van der Waals surface area contributed by atoms with Crippen LogP contribution in [0.1, 0.15) is 56.9 Å². The Kier molecular flexibility index (Phi) is 6.93. The van der Waals surface area contributed by atoms with Crippen LogP contribution >= 0.6 is 0 Å². The van der Waals surface area contributed by atoms with Crippen LogP contribution in [0.3, 0.4) is 0 Å². The molecule has 0 atom stereocenters. The van der Waals surface area contributed by atoms with Crippen LogP contribution in [0.15, 0.2) is 18.2 Å². The number of anilines is 2. The number of amides is 3. The van der Waals surface area contributed by atoms with Gasteiger partial charge >= 0.3 is 6.03 Å². The zero-order valence-corrected chi connectivity index (χ0v) is 18.3.